The number of nitrogens with one attached hydrogen (secondary N) is 1. The minimum Gasteiger partial charge on any atom is -0.374 e. The monoisotopic (exact) mass is 373 g/mol. The van der Waals surface area contributed by atoms with Crippen LogP contribution in [0.1, 0.15) is 11.5 Å². The third-order valence-corrected chi connectivity index (χ3v) is 3.40. The predicted octanol–water partition coefficient (Wildman–Crippen LogP) is 4.78. The Morgan fingerprint density at radius 2 is 1.62 bits per heavy atom. The second-order valence-corrected chi connectivity index (χ2v) is 5.16. The lowest BCUT2D eigenvalue weighted by Crippen LogP contribution is -2.04. The summed E-state index contributed by atoms with van der Waals surface area (Å²) in [4.78, 5) is 3.95. The fraction of sp³-hybridized carbons (Fsp3) is 0.125. The number of hydrogen-bond acceptors (Lipinski definition) is 4. The standard InChI is InChI=1S/C16H9F6N3O/c17-10-5-6-11(14(19)13(10)18)23-7-12-24-15(25-26-12)8-1-3-9(4-2-8)16(20,21)22/h1-6,23H,7H2. The number of anilines is 1. The van der Waals surface area contributed by atoms with E-state index in [0.717, 1.165) is 24.3 Å². The highest BCUT2D eigenvalue weighted by Crippen LogP contribution is 2.30. The second kappa shape index (κ2) is 6.70. The molecule has 0 atom stereocenters. The maximum atomic E-state index is 13.5. The summed E-state index contributed by atoms with van der Waals surface area (Å²) in [7, 11) is 0. The van der Waals surface area contributed by atoms with Gasteiger partial charge in [0.05, 0.1) is 17.8 Å². The summed E-state index contributed by atoms with van der Waals surface area (Å²) >= 11 is 0. The molecule has 2 aromatic carbocycles. The van der Waals surface area contributed by atoms with Crippen LogP contribution >= 0.6 is 0 Å². The summed E-state index contributed by atoms with van der Waals surface area (Å²) in [6.45, 7) is -0.199. The van der Waals surface area contributed by atoms with Crippen molar-refractivity contribution in [1.82, 2.24) is 10.1 Å². The summed E-state index contributed by atoms with van der Waals surface area (Å²) in [6, 6.07) is 5.86. The van der Waals surface area contributed by atoms with Crippen LogP contribution in [0.5, 0.6) is 0 Å². The highest BCUT2D eigenvalue weighted by molar-refractivity contribution is 5.55. The van der Waals surface area contributed by atoms with Crippen LogP contribution in [0.4, 0.5) is 32.0 Å². The Hall–Kier alpha value is -3.04. The zero-order valence-corrected chi connectivity index (χ0v) is 12.7. The van der Waals surface area contributed by atoms with Crippen molar-refractivity contribution in [2.24, 2.45) is 0 Å². The molecular weight excluding hydrogens is 364 g/mol. The van der Waals surface area contributed by atoms with Crippen LogP contribution < -0.4 is 5.32 Å². The van der Waals surface area contributed by atoms with E-state index in [1.807, 2.05) is 0 Å². The van der Waals surface area contributed by atoms with Crippen LogP contribution in [0.3, 0.4) is 0 Å². The first kappa shape index (κ1) is 17.8. The van der Waals surface area contributed by atoms with Crippen molar-refractivity contribution < 1.29 is 30.9 Å². The Labute approximate surface area is 142 Å². The molecule has 1 aromatic heterocycles. The highest BCUT2D eigenvalue weighted by Gasteiger charge is 2.30. The van der Waals surface area contributed by atoms with E-state index in [9.17, 15) is 26.3 Å². The van der Waals surface area contributed by atoms with Gasteiger partial charge in [0.2, 0.25) is 11.7 Å². The molecule has 0 unspecified atom stereocenters. The lowest BCUT2D eigenvalue weighted by Gasteiger charge is -2.06. The lowest BCUT2D eigenvalue weighted by molar-refractivity contribution is -0.137. The molecule has 1 heterocycles. The van der Waals surface area contributed by atoms with E-state index in [1.165, 1.54) is 12.1 Å². The first-order chi connectivity index (χ1) is 12.3. The molecule has 3 aromatic rings. The summed E-state index contributed by atoms with van der Waals surface area (Å²) in [5, 5.41) is 6.07. The van der Waals surface area contributed by atoms with E-state index in [2.05, 4.69) is 15.5 Å². The first-order valence-corrected chi connectivity index (χ1v) is 7.13. The van der Waals surface area contributed by atoms with E-state index in [0.29, 0.717) is 0 Å². The van der Waals surface area contributed by atoms with Crippen LogP contribution in [0, 0.1) is 17.5 Å². The molecule has 0 radical (unpaired) electrons. The molecule has 4 nitrogen and oxygen atoms in total. The van der Waals surface area contributed by atoms with Crippen LogP contribution in [0.25, 0.3) is 11.4 Å². The molecular formula is C16H9F6N3O. The van der Waals surface area contributed by atoms with Gasteiger partial charge in [-0.3, -0.25) is 0 Å². The van der Waals surface area contributed by atoms with Gasteiger partial charge in [0.1, 0.15) is 0 Å². The second-order valence-electron chi connectivity index (χ2n) is 5.16. The third-order valence-electron chi connectivity index (χ3n) is 3.40. The molecule has 0 saturated carbocycles. The zero-order chi connectivity index (χ0) is 18.9. The molecule has 0 bridgehead atoms. The maximum absolute atomic E-state index is 13.5. The third kappa shape index (κ3) is 3.63. The topological polar surface area (TPSA) is 51.0 Å². The van der Waals surface area contributed by atoms with Crippen LogP contribution in [-0.2, 0) is 12.7 Å². The quantitative estimate of drug-likeness (QED) is 0.528. The molecule has 0 aliphatic rings. The molecule has 3 rings (SSSR count). The van der Waals surface area contributed by atoms with Gasteiger partial charge in [0.15, 0.2) is 17.5 Å². The average molecular weight is 373 g/mol. The average Bonchev–Trinajstić information content (AvgIpc) is 3.07. The van der Waals surface area contributed by atoms with E-state index in [4.69, 9.17) is 4.52 Å². The molecule has 0 aliphatic heterocycles. The van der Waals surface area contributed by atoms with Crippen molar-refractivity contribution in [3.63, 3.8) is 0 Å². The van der Waals surface area contributed by atoms with Crippen LogP contribution in [0.2, 0.25) is 0 Å². The van der Waals surface area contributed by atoms with Gasteiger partial charge >= 0.3 is 6.18 Å². The Balaban J connectivity index is 1.71. The van der Waals surface area contributed by atoms with Crippen molar-refractivity contribution >= 4 is 5.69 Å². The van der Waals surface area contributed by atoms with Crippen LogP contribution in [-0.4, -0.2) is 10.1 Å². The number of aromatic nitrogens is 2. The number of rotatable bonds is 4. The van der Waals surface area contributed by atoms with Crippen molar-refractivity contribution in [2.45, 2.75) is 12.7 Å². The largest absolute Gasteiger partial charge is 0.416 e. The molecule has 1 N–H and O–H groups in total. The smallest absolute Gasteiger partial charge is 0.374 e. The number of alkyl halides is 3. The van der Waals surface area contributed by atoms with E-state index >= 15 is 0 Å². The molecule has 26 heavy (non-hydrogen) atoms. The van der Waals surface area contributed by atoms with Gasteiger partial charge in [-0.05, 0) is 24.3 Å². The SMILES string of the molecule is Fc1ccc(NCc2nc(-c3ccc(C(F)(F)F)cc3)no2)c(F)c1F. The highest BCUT2D eigenvalue weighted by atomic mass is 19.4. The Bertz CT molecular complexity index is 921. The first-order valence-electron chi connectivity index (χ1n) is 7.13. The molecule has 0 amide bonds. The van der Waals surface area contributed by atoms with Crippen molar-refractivity contribution in [1.29, 1.82) is 0 Å². The Kier molecular flexibility index (Phi) is 4.58. The number of benzene rings is 2. The molecule has 10 heteroatoms. The minimum atomic E-state index is -4.46. The summed E-state index contributed by atoms with van der Waals surface area (Å²) in [5.74, 6) is -4.33. The molecule has 136 valence electrons. The number of hydrogen-bond donors (Lipinski definition) is 1. The van der Waals surface area contributed by atoms with Gasteiger partial charge in [-0.15, -0.1) is 0 Å². The fourth-order valence-electron chi connectivity index (χ4n) is 2.09. The van der Waals surface area contributed by atoms with Crippen molar-refractivity contribution in [2.75, 3.05) is 5.32 Å². The van der Waals surface area contributed by atoms with Crippen molar-refractivity contribution in [3.8, 4) is 11.4 Å². The van der Waals surface area contributed by atoms with Gasteiger partial charge in [0.25, 0.3) is 0 Å². The molecule has 0 aliphatic carbocycles. The lowest BCUT2D eigenvalue weighted by atomic mass is 10.1. The normalized spacial score (nSPS) is 11.6. The zero-order valence-electron chi connectivity index (χ0n) is 12.7. The fourth-order valence-corrected chi connectivity index (χ4v) is 2.09. The van der Waals surface area contributed by atoms with E-state index < -0.39 is 29.2 Å². The maximum Gasteiger partial charge on any atom is 0.416 e. The Morgan fingerprint density at radius 1 is 0.923 bits per heavy atom. The summed E-state index contributed by atoms with van der Waals surface area (Å²) < 4.78 is 82.0. The molecule has 0 saturated heterocycles. The molecule has 0 spiro atoms. The van der Waals surface area contributed by atoms with E-state index in [1.54, 1.807) is 0 Å². The number of nitrogens with zero attached hydrogens (tertiary/aromatic N) is 2. The van der Waals surface area contributed by atoms with Crippen molar-refractivity contribution in [3.05, 3.63) is 65.3 Å². The molecule has 0 fully saturated rings. The van der Waals surface area contributed by atoms with Crippen LogP contribution in [0.15, 0.2) is 40.9 Å². The van der Waals surface area contributed by atoms with Gasteiger partial charge in [0, 0.05) is 5.56 Å². The predicted molar refractivity (Wildman–Crippen MR) is 78.4 cm³/mol. The van der Waals surface area contributed by atoms with Gasteiger partial charge in [-0.1, -0.05) is 17.3 Å². The van der Waals surface area contributed by atoms with Gasteiger partial charge in [-0.2, -0.15) is 18.2 Å². The van der Waals surface area contributed by atoms with Gasteiger partial charge in [-0.25, -0.2) is 13.2 Å². The number of halogens is 6. The summed E-state index contributed by atoms with van der Waals surface area (Å²) in [5.41, 5.74) is -0.842. The minimum absolute atomic E-state index is 0.0240. The van der Waals surface area contributed by atoms with Gasteiger partial charge < -0.3 is 9.84 Å². The Morgan fingerprint density at radius 3 is 2.27 bits per heavy atom. The summed E-state index contributed by atoms with van der Waals surface area (Å²) in [6.07, 6.45) is -4.46. The van der Waals surface area contributed by atoms with E-state index in [-0.39, 0.29) is 29.5 Å².